The Morgan fingerprint density at radius 2 is 2.11 bits per heavy atom. The average molecular weight is 252 g/mol. The van der Waals surface area contributed by atoms with Crippen molar-refractivity contribution in [1.82, 2.24) is 4.90 Å². The lowest BCUT2D eigenvalue weighted by atomic mass is 9.94. The Morgan fingerprint density at radius 1 is 1.44 bits per heavy atom. The van der Waals surface area contributed by atoms with Crippen molar-refractivity contribution in [2.45, 2.75) is 19.4 Å². The number of nitrogens with zero attached hydrogens (tertiary/aromatic N) is 1. The van der Waals surface area contributed by atoms with Crippen LogP contribution in [0.15, 0.2) is 24.3 Å². The van der Waals surface area contributed by atoms with Gasteiger partial charge in [0.1, 0.15) is 5.82 Å². The highest BCUT2D eigenvalue weighted by Crippen LogP contribution is 2.21. The summed E-state index contributed by atoms with van der Waals surface area (Å²) in [6, 6.07) is 6.46. The molecule has 1 amide bonds. The molecule has 0 saturated carbocycles. The van der Waals surface area contributed by atoms with Crippen LogP contribution in [0.3, 0.4) is 0 Å². The van der Waals surface area contributed by atoms with Crippen LogP contribution in [-0.4, -0.2) is 35.2 Å². The molecular formula is C13H17FN2O2. The fourth-order valence-electron chi connectivity index (χ4n) is 2.29. The van der Waals surface area contributed by atoms with Crippen molar-refractivity contribution in [2.24, 2.45) is 5.92 Å². The molecule has 18 heavy (non-hydrogen) atoms. The molecule has 1 heterocycles. The largest absolute Gasteiger partial charge is 0.465 e. The van der Waals surface area contributed by atoms with Crippen LogP contribution < -0.4 is 5.32 Å². The second kappa shape index (κ2) is 5.25. The number of rotatable bonds is 2. The topological polar surface area (TPSA) is 52.6 Å². The fourth-order valence-corrected chi connectivity index (χ4v) is 2.29. The number of nitrogens with one attached hydrogen (secondary N) is 1. The zero-order valence-corrected chi connectivity index (χ0v) is 10.3. The first-order valence-corrected chi connectivity index (χ1v) is 6.06. The van der Waals surface area contributed by atoms with Crippen LogP contribution in [0, 0.1) is 11.7 Å². The zero-order valence-electron chi connectivity index (χ0n) is 10.3. The number of amides is 1. The number of carboxylic acid groups (broad SMARTS) is 1. The van der Waals surface area contributed by atoms with Crippen LogP contribution in [-0.2, 0) is 0 Å². The lowest BCUT2D eigenvalue weighted by Gasteiger charge is -2.36. The Bertz CT molecular complexity index is 422. The molecular weight excluding hydrogens is 235 g/mol. The Hall–Kier alpha value is -1.78. The first-order chi connectivity index (χ1) is 8.56. The highest BCUT2D eigenvalue weighted by Gasteiger charge is 2.28. The molecule has 2 N–H and O–H groups in total. The van der Waals surface area contributed by atoms with Crippen molar-refractivity contribution >= 4 is 11.8 Å². The molecule has 1 aliphatic heterocycles. The van der Waals surface area contributed by atoms with E-state index in [-0.39, 0.29) is 17.8 Å². The van der Waals surface area contributed by atoms with Crippen molar-refractivity contribution in [3.05, 3.63) is 30.1 Å². The first kappa shape index (κ1) is 12.7. The molecule has 0 radical (unpaired) electrons. The molecule has 0 aromatic heterocycles. The maximum Gasteiger partial charge on any atom is 0.407 e. The molecule has 2 rings (SSSR count). The lowest BCUT2D eigenvalue weighted by Crippen LogP contribution is -2.47. The van der Waals surface area contributed by atoms with Crippen LogP contribution in [0.1, 0.15) is 13.3 Å². The van der Waals surface area contributed by atoms with E-state index >= 15 is 0 Å². The number of likely N-dealkylation sites (tertiary alicyclic amines) is 1. The highest BCUT2D eigenvalue weighted by molar-refractivity contribution is 5.65. The van der Waals surface area contributed by atoms with E-state index in [2.05, 4.69) is 5.32 Å². The van der Waals surface area contributed by atoms with Gasteiger partial charge in [-0.25, -0.2) is 9.18 Å². The third-order valence-corrected chi connectivity index (χ3v) is 3.37. The second-order valence-corrected chi connectivity index (χ2v) is 4.75. The van der Waals surface area contributed by atoms with E-state index in [1.165, 1.54) is 17.0 Å². The summed E-state index contributed by atoms with van der Waals surface area (Å²) < 4.78 is 12.8. The minimum atomic E-state index is -0.859. The van der Waals surface area contributed by atoms with Gasteiger partial charge in [-0.15, -0.1) is 0 Å². The van der Waals surface area contributed by atoms with Gasteiger partial charge < -0.3 is 15.3 Å². The molecule has 4 nitrogen and oxygen atoms in total. The molecule has 0 unspecified atom stereocenters. The minimum absolute atomic E-state index is 0.228. The molecule has 1 aromatic carbocycles. The maximum atomic E-state index is 12.8. The van der Waals surface area contributed by atoms with Gasteiger partial charge in [-0.3, -0.25) is 0 Å². The van der Waals surface area contributed by atoms with Gasteiger partial charge in [0.2, 0.25) is 0 Å². The summed E-state index contributed by atoms with van der Waals surface area (Å²) in [7, 11) is 0. The summed E-state index contributed by atoms with van der Waals surface area (Å²) in [4.78, 5) is 12.3. The molecule has 0 bridgehead atoms. The summed E-state index contributed by atoms with van der Waals surface area (Å²) in [5.74, 6) is -0.0193. The Morgan fingerprint density at radius 3 is 2.67 bits per heavy atom. The predicted octanol–water partition coefficient (Wildman–Crippen LogP) is 2.63. The molecule has 2 atom stereocenters. The van der Waals surface area contributed by atoms with Crippen molar-refractivity contribution in [2.75, 3.05) is 18.4 Å². The average Bonchev–Trinajstić information content (AvgIpc) is 2.34. The quantitative estimate of drug-likeness (QED) is 0.850. The summed E-state index contributed by atoms with van der Waals surface area (Å²) in [5.41, 5.74) is 0.872. The van der Waals surface area contributed by atoms with Crippen LogP contribution in [0.5, 0.6) is 0 Å². The van der Waals surface area contributed by atoms with E-state index in [0.717, 1.165) is 12.1 Å². The molecule has 5 heteroatoms. The maximum absolute atomic E-state index is 12.8. The van der Waals surface area contributed by atoms with Gasteiger partial charge in [-0.1, -0.05) is 6.92 Å². The third-order valence-electron chi connectivity index (χ3n) is 3.37. The molecule has 1 aliphatic rings. The number of benzene rings is 1. The lowest BCUT2D eigenvalue weighted by molar-refractivity contribution is 0.119. The first-order valence-electron chi connectivity index (χ1n) is 6.06. The minimum Gasteiger partial charge on any atom is -0.465 e. The van der Waals surface area contributed by atoms with Crippen molar-refractivity contribution in [1.29, 1.82) is 0 Å². The predicted molar refractivity (Wildman–Crippen MR) is 67.2 cm³/mol. The number of hydrogen-bond donors (Lipinski definition) is 2. The molecule has 0 aliphatic carbocycles. The summed E-state index contributed by atoms with van der Waals surface area (Å²) in [6.45, 7) is 3.10. The molecule has 1 fully saturated rings. The molecule has 1 saturated heterocycles. The SMILES string of the molecule is C[C@@H]1CN(C(=O)O)CC[C@H]1Nc1ccc(F)cc1. The van der Waals surface area contributed by atoms with E-state index in [0.29, 0.717) is 13.1 Å². The monoisotopic (exact) mass is 252 g/mol. The summed E-state index contributed by atoms with van der Waals surface area (Å²) in [6.07, 6.45) is -0.0905. The van der Waals surface area contributed by atoms with Gasteiger partial charge in [0.05, 0.1) is 0 Å². The van der Waals surface area contributed by atoms with E-state index in [1.807, 2.05) is 6.92 Å². The van der Waals surface area contributed by atoms with E-state index in [1.54, 1.807) is 12.1 Å². The van der Waals surface area contributed by atoms with Gasteiger partial charge in [-0.2, -0.15) is 0 Å². The van der Waals surface area contributed by atoms with Crippen LogP contribution in [0.4, 0.5) is 14.9 Å². The van der Waals surface area contributed by atoms with Gasteiger partial charge in [0, 0.05) is 24.8 Å². The highest BCUT2D eigenvalue weighted by atomic mass is 19.1. The molecule has 1 aromatic rings. The van der Waals surface area contributed by atoms with E-state index in [4.69, 9.17) is 5.11 Å². The number of piperidine rings is 1. The van der Waals surface area contributed by atoms with Gasteiger partial charge in [0.25, 0.3) is 0 Å². The Kier molecular flexibility index (Phi) is 3.69. The van der Waals surface area contributed by atoms with Crippen molar-refractivity contribution in [3.63, 3.8) is 0 Å². The molecule has 0 spiro atoms. The van der Waals surface area contributed by atoms with Gasteiger partial charge in [-0.05, 0) is 36.6 Å². The zero-order chi connectivity index (χ0) is 13.1. The van der Waals surface area contributed by atoms with Crippen LogP contribution >= 0.6 is 0 Å². The normalized spacial score (nSPS) is 23.8. The fraction of sp³-hybridized carbons (Fsp3) is 0.462. The van der Waals surface area contributed by atoms with E-state index < -0.39 is 6.09 Å². The number of hydrogen-bond acceptors (Lipinski definition) is 2. The van der Waals surface area contributed by atoms with Crippen molar-refractivity contribution < 1.29 is 14.3 Å². The van der Waals surface area contributed by atoms with Gasteiger partial charge in [0.15, 0.2) is 0 Å². The summed E-state index contributed by atoms with van der Waals surface area (Å²) in [5, 5.41) is 12.3. The number of halogens is 1. The number of carbonyl (C=O) groups is 1. The van der Waals surface area contributed by atoms with Gasteiger partial charge >= 0.3 is 6.09 Å². The Labute approximate surface area is 105 Å². The second-order valence-electron chi connectivity index (χ2n) is 4.75. The van der Waals surface area contributed by atoms with Crippen LogP contribution in [0.2, 0.25) is 0 Å². The third kappa shape index (κ3) is 2.91. The smallest absolute Gasteiger partial charge is 0.407 e. The van der Waals surface area contributed by atoms with Crippen molar-refractivity contribution in [3.8, 4) is 0 Å². The number of anilines is 1. The summed E-state index contributed by atoms with van der Waals surface area (Å²) >= 11 is 0. The standard InChI is InChI=1S/C13H17FN2O2/c1-9-8-16(13(17)18)7-6-12(9)15-11-4-2-10(14)3-5-11/h2-5,9,12,15H,6-8H2,1H3,(H,17,18)/t9-,12-/m1/s1. The molecule has 98 valence electrons. The van der Waals surface area contributed by atoms with E-state index in [9.17, 15) is 9.18 Å². The Balaban J connectivity index is 1.95. The van der Waals surface area contributed by atoms with Crippen LogP contribution in [0.25, 0.3) is 0 Å².